The zero-order valence-corrected chi connectivity index (χ0v) is 13.4. The first-order valence-corrected chi connectivity index (χ1v) is 7.13. The third kappa shape index (κ3) is 7.40. The molecule has 1 N–H and O–H groups in total. The summed E-state index contributed by atoms with van der Waals surface area (Å²) in [5, 5.41) is 5.06. The van der Waals surface area contributed by atoms with Crippen molar-refractivity contribution in [1.82, 2.24) is 5.32 Å². The lowest BCUT2D eigenvalue weighted by Crippen LogP contribution is -2.32. The molecule has 0 bridgehead atoms. The van der Waals surface area contributed by atoms with Crippen molar-refractivity contribution < 1.29 is 9.53 Å². The van der Waals surface area contributed by atoms with E-state index < -0.39 is 11.7 Å². The van der Waals surface area contributed by atoms with Crippen molar-refractivity contribution in [1.29, 1.82) is 0 Å². The summed E-state index contributed by atoms with van der Waals surface area (Å²) in [4.78, 5) is 15.4. The molecule has 21 heavy (non-hydrogen) atoms. The Hall–Kier alpha value is -1.97. The average molecular weight is 304 g/mol. The van der Waals surface area contributed by atoms with Crippen LogP contribution in [0.1, 0.15) is 32.8 Å². The van der Waals surface area contributed by atoms with Gasteiger partial charge in [-0.25, -0.2) is 4.79 Å². The van der Waals surface area contributed by atoms with Gasteiger partial charge in [0, 0.05) is 12.1 Å². The zero-order chi connectivity index (χ0) is 15.7. The molecule has 0 fully saturated rings. The predicted octanol–water partition coefficient (Wildman–Crippen LogP) is 4.35. The number of rotatable bonds is 5. The topological polar surface area (TPSA) is 50.7 Å². The number of ether oxygens (including phenoxy) is 1. The number of benzene rings is 1. The van der Waals surface area contributed by atoms with Gasteiger partial charge in [-0.2, -0.15) is 4.99 Å². The summed E-state index contributed by atoms with van der Waals surface area (Å²) < 4.78 is 5.14. The normalized spacial score (nSPS) is 11.0. The highest BCUT2D eigenvalue weighted by Gasteiger charge is 2.15. The highest BCUT2D eigenvalue weighted by atomic mass is 32.1. The zero-order valence-electron chi connectivity index (χ0n) is 12.6. The van der Waals surface area contributed by atoms with E-state index in [1.807, 2.05) is 57.2 Å². The number of alkyl carbamates (subject to hydrolysis) is 1. The maximum atomic E-state index is 11.4. The van der Waals surface area contributed by atoms with Crippen LogP contribution in [0, 0.1) is 0 Å². The highest BCUT2D eigenvalue weighted by Crippen LogP contribution is 2.19. The molecular formula is C16H20N2O2S. The van der Waals surface area contributed by atoms with Crippen LogP contribution in [0.5, 0.6) is 0 Å². The molecule has 0 unspecified atom stereocenters. The molecule has 0 aliphatic rings. The summed E-state index contributed by atoms with van der Waals surface area (Å²) in [5.74, 6) is 0. The number of isothiocyanates is 1. The van der Waals surface area contributed by atoms with E-state index in [0.717, 1.165) is 11.3 Å². The number of hydrogen-bond acceptors (Lipinski definition) is 4. The largest absolute Gasteiger partial charge is 0.444 e. The van der Waals surface area contributed by atoms with E-state index >= 15 is 0 Å². The van der Waals surface area contributed by atoms with Crippen LogP contribution in [-0.2, 0) is 4.74 Å². The second kappa shape index (κ2) is 8.35. The number of aliphatic imine (C=N–C) groups is 1. The molecule has 0 saturated carbocycles. The summed E-state index contributed by atoms with van der Waals surface area (Å²) in [7, 11) is 0. The third-order valence-corrected chi connectivity index (χ3v) is 2.47. The smallest absolute Gasteiger partial charge is 0.407 e. The Bertz CT molecular complexity index is 556. The summed E-state index contributed by atoms with van der Waals surface area (Å²) in [6.45, 7) is 6.02. The van der Waals surface area contributed by atoms with E-state index in [1.165, 1.54) is 0 Å². The molecule has 0 aliphatic heterocycles. The summed E-state index contributed by atoms with van der Waals surface area (Å²) in [6.07, 6.45) is 4.22. The fourth-order valence-corrected chi connectivity index (χ4v) is 1.66. The monoisotopic (exact) mass is 304 g/mol. The Morgan fingerprint density at radius 3 is 2.81 bits per heavy atom. The molecule has 1 aromatic carbocycles. The number of amides is 1. The molecule has 5 heteroatoms. The van der Waals surface area contributed by atoms with Crippen molar-refractivity contribution in [2.24, 2.45) is 4.99 Å². The van der Waals surface area contributed by atoms with Crippen LogP contribution < -0.4 is 5.32 Å². The van der Waals surface area contributed by atoms with Crippen LogP contribution in [-0.4, -0.2) is 23.4 Å². The number of para-hydroxylation sites is 1. The van der Waals surface area contributed by atoms with Gasteiger partial charge in [0.25, 0.3) is 0 Å². The second-order valence-electron chi connectivity index (χ2n) is 5.38. The van der Waals surface area contributed by atoms with Crippen molar-refractivity contribution in [3.63, 3.8) is 0 Å². The quantitative estimate of drug-likeness (QED) is 0.500. The van der Waals surface area contributed by atoms with E-state index in [9.17, 15) is 4.79 Å². The number of hydrogen-bond donors (Lipinski definition) is 1. The second-order valence-corrected chi connectivity index (χ2v) is 5.56. The fraction of sp³-hybridized carbons (Fsp3) is 0.375. The molecule has 0 spiro atoms. The highest BCUT2D eigenvalue weighted by molar-refractivity contribution is 7.78. The van der Waals surface area contributed by atoms with Crippen molar-refractivity contribution in [2.75, 3.05) is 6.54 Å². The lowest BCUT2D eigenvalue weighted by Gasteiger charge is -2.19. The van der Waals surface area contributed by atoms with Gasteiger partial charge >= 0.3 is 6.09 Å². The summed E-state index contributed by atoms with van der Waals surface area (Å²) in [5.41, 5.74) is 1.27. The van der Waals surface area contributed by atoms with Crippen LogP contribution in [0.3, 0.4) is 0 Å². The molecule has 1 aromatic rings. The predicted molar refractivity (Wildman–Crippen MR) is 89.0 cm³/mol. The van der Waals surface area contributed by atoms with Gasteiger partial charge in [0.05, 0.1) is 10.8 Å². The standard InChI is InChI=1S/C16H20N2O2S/c1-16(2,3)20-15(19)17-11-7-6-9-13-8-4-5-10-14(13)18-12-21/h4-6,8-10H,7,11H2,1-3H3,(H,17,19). The van der Waals surface area contributed by atoms with Crippen molar-refractivity contribution in [3.8, 4) is 0 Å². The van der Waals surface area contributed by atoms with E-state index in [4.69, 9.17) is 4.74 Å². The number of thiocarbonyl (C=S) groups is 1. The van der Waals surface area contributed by atoms with Gasteiger partial charge in [-0.05, 0) is 45.5 Å². The first kappa shape index (κ1) is 17.1. The van der Waals surface area contributed by atoms with Crippen LogP contribution in [0.15, 0.2) is 35.3 Å². The van der Waals surface area contributed by atoms with Gasteiger partial charge in [0.15, 0.2) is 0 Å². The van der Waals surface area contributed by atoms with Crippen molar-refractivity contribution in [3.05, 3.63) is 35.9 Å². The van der Waals surface area contributed by atoms with Crippen LogP contribution >= 0.6 is 12.2 Å². The molecule has 0 heterocycles. The first-order chi connectivity index (χ1) is 9.92. The molecule has 0 aliphatic carbocycles. The number of carbonyl (C=O) groups is 1. The molecule has 0 atom stereocenters. The molecule has 4 nitrogen and oxygen atoms in total. The van der Waals surface area contributed by atoms with Gasteiger partial charge in [-0.1, -0.05) is 30.4 Å². The minimum atomic E-state index is -0.475. The van der Waals surface area contributed by atoms with Gasteiger partial charge < -0.3 is 10.1 Å². The number of nitrogens with zero attached hydrogens (tertiary/aromatic N) is 1. The van der Waals surface area contributed by atoms with Gasteiger partial charge in [-0.3, -0.25) is 0 Å². The molecule has 0 aromatic heterocycles. The van der Waals surface area contributed by atoms with E-state index in [2.05, 4.69) is 27.7 Å². The first-order valence-electron chi connectivity index (χ1n) is 6.72. The third-order valence-electron chi connectivity index (χ3n) is 2.38. The average Bonchev–Trinajstić information content (AvgIpc) is 2.38. The van der Waals surface area contributed by atoms with E-state index in [1.54, 1.807) is 0 Å². The van der Waals surface area contributed by atoms with Crippen LogP contribution in [0.4, 0.5) is 10.5 Å². The Balaban J connectivity index is 2.43. The number of nitrogens with one attached hydrogen (secondary N) is 1. The molecule has 1 amide bonds. The summed E-state index contributed by atoms with van der Waals surface area (Å²) in [6, 6.07) is 7.65. The molecule has 0 radical (unpaired) electrons. The summed E-state index contributed by atoms with van der Waals surface area (Å²) >= 11 is 4.62. The van der Waals surface area contributed by atoms with E-state index in [-0.39, 0.29) is 0 Å². The minimum Gasteiger partial charge on any atom is -0.444 e. The van der Waals surface area contributed by atoms with Gasteiger partial charge in [0.1, 0.15) is 5.60 Å². The Kier molecular flexibility index (Phi) is 6.79. The maximum absolute atomic E-state index is 11.4. The fourth-order valence-electron chi connectivity index (χ4n) is 1.56. The maximum Gasteiger partial charge on any atom is 0.407 e. The molecule has 112 valence electrons. The molecule has 0 saturated heterocycles. The molecular weight excluding hydrogens is 284 g/mol. The SMILES string of the molecule is CC(C)(C)OC(=O)NCCC=Cc1ccccc1N=C=S. The number of carbonyl (C=O) groups excluding carboxylic acids is 1. The van der Waals surface area contributed by atoms with Crippen molar-refractivity contribution >= 4 is 35.2 Å². The minimum absolute atomic E-state index is 0.401. The lowest BCUT2D eigenvalue weighted by atomic mass is 10.1. The van der Waals surface area contributed by atoms with Crippen LogP contribution in [0.2, 0.25) is 0 Å². The van der Waals surface area contributed by atoms with Crippen molar-refractivity contribution in [2.45, 2.75) is 32.8 Å². The lowest BCUT2D eigenvalue weighted by molar-refractivity contribution is 0.0529. The molecule has 1 rings (SSSR count). The van der Waals surface area contributed by atoms with Gasteiger partial charge in [-0.15, -0.1) is 0 Å². The Morgan fingerprint density at radius 2 is 2.14 bits per heavy atom. The Morgan fingerprint density at radius 1 is 1.43 bits per heavy atom. The van der Waals surface area contributed by atoms with Gasteiger partial charge in [0.2, 0.25) is 0 Å². The van der Waals surface area contributed by atoms with E-state index in [0.29, 0.717) is 13.0 Å². The van der Waals surface area contributed by atoms with Crippen LogP contribution in [0.25, 0.3) is 6.08 Å². The Labute approximate surface area is 130 Å².